The molecule has 0 amide bonds. The fourth-order valence-electron chi connectivity index (χ4n) is 3.96. The zero-order valence-corrected chi connectivity index (χ0v) is 13.1. The molecule has 1 aromatic rings. The van der Waals surface area contributed by atoms with Gasteiger partial charge in [-0.1, -0.05) is 49.6 Å². The third-order valence-corrected chi connectivity index (χ3v) is 5.19. The van der Waals surface area contributed by atoms with Gasteiger partial charge in [0.05, 0.1) is 0 Å². The molecular weight excluding hydrogens is 258 g/mol. The first-order valence-corrected chi connectivity index (χ1v) is 8.54. The summed E-state index contributed by atoms with van der Waals surface area (Å²) >= 11 is 0. The van der Waals surface area contributed by atoms with Gasteiger partial charge in [-0.3, -0.25) is 4.90 Å². The lowest BCUT2D eigenvalue weighted by Crippen LogP contribution is -2.57. The minimum atomic E-state index is 0.150. The first-order valence-electron chi connectivity index (χ1n) is 8.54. The summed E-state index contributed by atoms with van der Waals surface area (Å²) in [7, 11) is 0. The van der Waals surface area contributed by atoms with E-state index < -0.39 is 0 Å². The van der Waals surface area contributed by atoms with Crippen LogP contribution in [0, 0.1) is 0 Å². The number of hydrogen-bond acceptors (Lipinski definition) is 3. The Morgan fingerprint density at radius 1 is 1.14 bits per heavy atom. The van der Waals surface area contributed by atoms with Crippen LogP contribution in [0.2, 0.25) is 0 Å². The topological polar surface area (TPSA) is 41.3 Å². The van der Waals surface area contributed by atoms with Crippen molar-refractivity contribution in [1.82, 2.24) is 10.2 Å². The molecule has 1 aliphatic heterocycles. The first-order chi connectivity index (χ1) is 10.3. The molecule has 2 fully saturated rings. The van der Waals surface area contributed by atoms with Crippen molar-refractivity contribution in [2.24, 2.45) is 5.73 Å². The maximum atomic E-state index is 6.15. The molecule has 3 N–H and O–H groups in total. The van der Waals surface area contributed by atoms with Gasteiger partial charge < -0.3 is 11.1 Å². The van der Waals surface area contributed by atoms with E-state index >= 15 is 0 Å². The van der Waals surface area contributed by atoms with Crippen LogP contribution in [-0.4, -0.2) is 36.1 Å². The van der Waals surface area contributed by atoms with E-state index in [1.807, 2.05) is 0 Å². The fourth-order valence-corrected chi connectivity index (χ4v) is 3.96. The lowest BCUT2D eigenvalue weighted by atomic mass is 9.90. The number of nitrogens with one attached hydrogen (secondary N) is 1. The number of nitrogens with two attached hydrogens (primary N) is 1. The molecule has 2 aliphatic rings. The standard InChI is InChI=1S/C18H29N3/c19-14-18(20-17-9-5-2-6-10-17)11-12-21(15-18)13-16-7-3-1-4-8-16/h1,3-4,7-8,17,20H,2,5-6,9-15,19H2. The van der Waals surface area contributed by atoms with E-state index in [2.05, 4.69) is 40.5 Å². The molecule has 1 heterocycles. The van der Waals surface area contributed by atoms with Crippen molar-refractivity contribution in [1.29, 1.82) is 0 Å². The molecule has 21 heavy (non-hydrogen) atoms. The van der Waals surface area contributed by atoms with Crippen LogP contribution in [0.25, 0.3) is 0 Å². The van der Waals surface area contributed by atoms with Crippen LogP contribution in [-0.2, 0) is 6.54 Å². The van der Waals surface area contributed by atoms with Gasteiger partial charge in [-0.05, 0) is 24.8 Å². The molecule has 0 radical (unpaired) electrons. The van der Waals surface area contributed by atoms with Gasteiger partial charge in [-0.2, -0.15) is 0 Å². The summed E-state index contributed by atoms with van der Waals surface area (Å²) in [6.07, 6.45) is 8.03. The number of likely N-dealkylation sites (tertiary alicyclic amines) is 1. The SMILES string of the molecule is NCC1(NC2CCCCC2)CCN(Cc2ccccc2)C1. The van der Waals surface area contributed by atoms with Gasteiger partial charge in [-0.25, -0.2) is 0 Å². The van der Waals surface area contributed by atoms with Gasteiger partial charge in [0.25, 0.3) is 0 Å². The predicted octanol–water partition coefficient (Wildman–Crippen LogP) is 2.51. The first kappa shape index (κ1) is 15.0. The molecule has 1 unspecified atom stereocenters. The van der Waals surface area contributed by atoms with Gasteiger partial charge in [0.15, 0.2) is 0 Å². The molecule has 0 spiro atoms. The van der Waals surface area contributed by atoms with Crippen LogP contribution in [0.1, 0.15) is 44.1 Å². The van der Waals surface area contributed by atoms with Crippen molar-refractivity contribution >= 4 is 0 Å². The lowest BCUT2D eigenvalue weighted by Gasteiger charge is -2.36. The van der Waals surface area contributed by atoms with Crippen molar-refractivity contribution in [2.75, 3.05) is 19.6 Å². The molecule has 116 valence electrons. The average molecular weight is 287 g/mol. The average Bonchev–Trinajstić information content (AvgIpc) is 2.93. The van der Waals surface area contributed by atoms with Crippen molar-refractivity contribution in [3.8, 4) is 0 Å². The van der Waals surface area contributed by atoms with E-state index in [4.69, 9.17) is 5.73 Å². The minimum Gasteiger partial charge on any atom is -0.329 e. The summed E-state index contributed by atoms with van der Waals surface area (Å²) in [5.74, 6) is 0. The third kappa shape index (κ3) is 3.85. The third-order valence-electron chi connectivity index (χ3n) is 5.19. The van der Waals surface area contributed by atoms with Gasteiger partial charge in [0, 0.05) is 37.8 Å². The maximum Gasteiger partial charge on any atom is 0.0447 e. The molecule has 3 heteroatoms. The molecule has 3 rings (SSSR count). The van der Waals surface area contributed by atoms with E-state index in [1.54, 1.807) is 0 Å². The van der Waals surface area contributed by atoms with Gasteiger partial charge in [-0.15, -0.1) is 0 Å². The highest BCUT2D eigenvalue weighted by molar-refractivity contribution is 5.15. The number of rotatable bonds is 5. The summed E-state index contributed by atoms with van der Waals surface area (Å²) in [4.78, 5) is 2.55. The van der Waals surface area contributed by atoms with Crippen LogP contribution >= 0.6 is 0 Å². The Labute approximate surface area is 128 Å². The van der Waals surface area contributed by atoms with Gasteiger partial charge >= 0.3 is 0 Å². The van der Waals surface area contributed by atoms with Crippen LogP contribution in [0.5, 0.6) is 0 Å². The summed E-state index contributed by atoms with van der Waals surface area (Å²) in [5, 5.41) is 3.93. The number of hydrogen-bond donors (Lipinski definition) is 2. The maximum absolute atomic E-state index is 6.15. The van der Waals surface area contributed by atoms with E-state index in [0.29, 0.717) is 6.04 Å². The van der Waals surface area contributed by atoms with E-state index in [0.717, 1.165) is 26.2 Å². The van der Waals surface area contributed by atoms with Crippen molar-refractivity contribution < 1.29 is 0 Å². The monoisotopic (exact) mass is 287 g/mol. The molecule has 1 aliphatic carbocycles. The molecule has 1 saturated carbocycles. The predicted molar refractivity (Wildman–Crippen MR) is 88.1 cm³/mol. The molecule has 0 aromatic heterocycles. The number of nitrogens with zero attached hydrogens (tertiary/aromatic N) is 1. The Morgan fingerprint density at radius 3 is 2.62 bits per heavy atom. The Balaban J connectivity index is 1.57. The molecule has 3 nitrogen and oxygen atoms in total. The van der Waals surface area contributed by atoms with E-state index in [1.165, 1.54) is 44.1 Å². The fraction of sp³-hybridized carbons (Fsp3) is 0.667. The quantitative estimate of drug-likeness (QED) is 0.874. The largest absolute Gasteiger partial charge is 0.329 e. The van der Waals surface area contributed by atoms with E-state index in [9.17, 15) is 0 Å². The van der Waals surface area contributed by atoms with Crippen LogP contribution in [0.3, 0.4) is 0 Å². The van der Waals surface area contributed by atoms with Crippen molar-refractivity contribution in [3.05, 3.63) is 35.9 Å². The Kier molecular flexibility index (Phi) is 4.94. The van der Waals surface area contributed by atoms with Gasteiger partial charge in [0.2, 0.25) is 0 Å². The molecule has 0 bridgehead atoms. The molecule has 1 atom stereocenters. The second-order valence-corrected chi connectivity index (χ2v) is 6.91. The second-order valence-electron chi connectivity index (χ2n) is 6.91. The Morgan fingerprint density at radius 2 is 1.90 bits per heavy atom. The van der Waals surface area contributed by atoms with Crippen molar-refractivity contribution in [3.63, 3.8) is 0 Å². The van der Waals surface area contributed by atoms with E-state index in [-0.39, 0.29) is 5.54 Å². The molecular formula is C18H29N3. The minimum absolute atomic E-state index is 0.150. The van der Waals surface area contributed by atoms with Crippen molar-refractivity contribution in [2.45, 2.75) is 56.7 Å². The summed E-state index contributed by atoms with van der Waals surface area (Å²) in [6.45, 7) is 4.06. The Bertz CT molecular complexity index is 427. The molecule has 1 aromatic carbocycles. The smallest absolute Gasteiger partial charge is 0.0447 e. The second kappa shape index (κ2) is 6.91. The summed E-state index contributed by atoms with van der Waals surface area (Å²) in [6, 6.07) is 11.5. The van der Waals surface area contributed by atoms with Crippen LogP contribution < -0.4 is 11.1 Å². The van der Waals surface area contributed by atoms with Crippen LogP contribution in [0.4, 0.5) is 0 Å². The van der Waals surface area contributed by atoms with Crippen LogP contribution in [0.15, 0.2) is 30.3 Å². The zero-order chi connectivity index (χ0) is 14.5. The normalized spacial score (nSPS) is 28.0. The summed E-state index contributed by atoms with van der Waals surface area (Å²) < 4.78 is 0. The Hall–Kier alpha value is -0.900. The highest BCUT2D eigenvalue weighted by Gasteiger charge is 2.38. The zero-order valence-electron chi connectivity index (χ0n) is 13.1. The number of benzene rings is 1. The summed E-state index contributed by atoms with van der Waals surface area (Å²) in [5.41, 5.74) is 7.71. The highest BCUT2D eigenvalue weighted by Crippen LogP contribution is 2.26. The molecule has 1 saturated heterocycles. The highest BCUT2D eigenvalue weighted by atomic mass is 15.2. The lowest BCUT2D eigenvalue weighted by molar-refractivity contribution is 0.235. The van der Waals surface area contributed by atoms with Gasteiger partial charge in [0.1, 0.15) is 0 Å².